The van der Waals surface area contributed by atoms with Crippen molar-refractivity contribution in [2.45, 2.75) is 12.2 Å². The van der Waals surface area contributed by atoms with Crippen molar-refractivity contribution in [1.29, 1.82) is 0 Å². The summed E-state index contributed by atoms with van der Waals surface area (Å²) in [5.41, 5.74) is 0.740. The molecule has 25 heavy (non-hydrogen) atoms. The molecule has 2 aromatic carbocycles. The lowest BCUT2D eigenvalue weighted by molar-refractivity contribution is -0.137. The van der Waals surface area contributed by atoms with Gasteiger partial charge in [0.15, 0.2) is 0 Å². The SMILES string of the molecule is FC(F)(F)c1cc(C(c2ccccc2Br)N2CCNCC2)ccc1Cl. The fraction of sp³-hybridized carbons (Fsp3) is 0.333. The van der Waals surface area contributed by atoms with Crippen molar-refractivity contribution < 1.29 is 13.2 Å². The highest BCUT2D eigenvalue weighted by Crippen LogP contribution is 2.39. The highest BCUT2D eigenvalue weighted by molar-refractivity contribution is 9.10. The van der Waals surface area contributed by atoms with Crippen molar-refractivity contribution in [3.63, 3.8) is 0 Å². The fourth-order valence-corrected chi connectivity index (χ4v) is 3.88. The van der Waals surface area contributed by atoms with E-state index in [0.717, 1.165) is 36.2 Å². The minimum Gasteiger partial charge on any atom is -0.314 e. The zero-order chi connectivity index (χ0) is 18.0. The van der Waals surface area contributed by atoms with Gasteiger partial charge in [0.05, 0.1) is 16.6 Å². The van der Waals surface area contributed by atoms with E-state index in [1.54, 1.807) is 6.07 Å². The maximum Gasteiger partial charge on any atom is 0.417 e. The van der Waals surface area contributed by atoms with Crippen molar-refractivity contribution in [2.24, 2.45) is 0 Å². The van der Waals surface area contributed by atoms with E-state index in [-0.39, 0.29) is 11.1 Å². The predicted octanol–water partition coefficient (Wildman–Crippen LogP) is 5.12. The summed E-state index contributed by atoms with van der Waals surface area (Å²) in [7, 11) is 0. The molecule has 0 bridgehead atoms. The number of nitrogens with zero attached hydrogens (tertiary/aromatic N) is 1. The van der Waals surface area contributed by atoms with E-state index in [4.69, 9.17) is 11.6 Å². The quantitative estimate of drug-likeness (QED) is 0.723. The molecule has 0 radical (unpaired) electrons. The van der Waals surface area contributed by atoms with Crippen LogP contribution in [-0.2, 0) is 6.18 Å². The summed E-state index contributed by atoms with van der Waals surface area (Å²) in [6.07, 6.45) is -4.48. The monoisotopic (exact) mass is 432 g/mol. The molecule has 1 aliphatic heterocycles. The molecule has 0 aromatic heterocycles. The molecule has 0 amide bonds. The Morgan fingerprint density at radius 3 is 2.40 bits per heavy atom. The van der Waals surface area contributed by atoms with E-state index in [1.165, 1.54) is 12.1 Å². The number of hydrogen-bond donors (Lipinski definition) is 1. The molecule has 0 aliphatic carbocycles. The Labute approximate surface area is 158 Å². The third-order valence-corrected chi connectivity index (χ3v) is 5.38. The van der Waals surface area contributed by atoms with E-state index in [1.807, 2.05) is 24.3 Å². The summed E-state index contributed by atoms with van der Waals surface area (Å²) in [5.74, 6) is 0. The van der Waals surface area contributed by atoms with Crippen LogP contribution in [0.4, 0.5) is 13.2 Å². The van der Waals surface area contributed by atoms with Gasteiger partial charge in [-0.2, -0.15) is 13.2 Å². The van der Waals surface area contributed by atoms with Crippen LogP contribution >= 0.6 is 27.5 Å². The van der Waals surface area contributed by atoms with Crippen molar-refractivity contribution >= 4 is 27.5 Å². The van der Waals surface area contributed by atoms with Gasteiger partial charge in [-0.3, -0.25) is 4.90 Å². The van der Waals surface area contributed by atoms with Crippen LogP contribution in [0.15, 0.2) is 46.9 Å². The first-order valence-corrected chi connectivity index (χ1v) is 9.11. The van der Waals surface area contributed by atoms with Crippen molar-refractivity contribution in [1.82, 2.24) is 10.2 Å². The van der Waals surface area contributed by atoms with Crippen LogP contribution in [0.1, 0.15) is 22.7 Å². The molecule has 0 saturated carbocycles. The number of halogens is 5. The largest absolute Gasteiger partial charge is 0.417 e. The highest BCUT2D eigenvalue weighted by Gasteiger charge is 2.35. The van der Waals surface area contributed by atoms with Gasteiger partial charge in [-0.1, -0.05) is 51.8 Å². The minimum absolute atomic E-state index is 0.268. The highest BCUT2D eigenvalue weighted by atomic mass is 79.9. The molecule has 1 atom stereocenters. The molecular weight excluding hydrogens is 417 g/mol. The van der Waals surface area contributed by atoms with Crippen LogP contribution in [0.5, 0.6) is 0 Å². The smallest absolute Gasteiger partial charge is 0.314 e. The minimum atomic E-state index is -4.48. The molecule has 134 valence electrons. The molecule has 1 saturated heterocycles. The van der Waals surface area contributed by atoms with Crippen LogP contribution in [0.2, 0.25) is 5.02 Å². The van der Waals surface area contributed by atoms with Crippen LogP contribution in [0.25, 0.3) is 0 Å². The van der Waals surface area contributed by atoms with Gasteiger partial charge in [0.2, 0.25) is 0 Å². The Kier molecular flexibility index (Phi) is 5.73. The average Bonchev–Trinajstić information content (AvgIpc) is 2.58. The van der Waals surface area contributed by atoms with Crippen LogP contribution in [-0.4, -0.2) is 31.1 Å². The molecule has 3 rings (SSSR count). The molecule has 1 heterocycles. The summed E-state index contributed by atoms with van der Waals surface area (Å²) in [6.45, 7) is 3.13. The second-order valence-corrected chi connectivity index (χ2v) is 7.21. The second kappa shape index (κ2) is 7.66. The van der Waals surface area contributed by atoms with Crippen LogP contribution in [0.3, 0.4) is 0 Å². The molecule has 1 fully saturated rings. The number of alkyl halides is 3. The Morgan fingerprint density at radius 1 is 1.08 bits per heavy atom. The van der Waals surface area contributed by atoms with Crippen molar-refractivity contribution in [2.75, 3.05) is 26.2 Å². The summed E-state index contributed by atoms with van der Waals surface area (Å²) in [6, 6.07) is 11.6. The van der Waals surface area contributed by atoms with E-state index in [0.29, 0.717) is 5.56 Å². The Balaban J connectivity index is 2.10. The molecule has 0 spiro atoms. The van der Waals surface area contributed by atoms with Gasteiger partial charge in [0.1, 0.15) is 0 Å². The predicted molar refractivity (Wildman–Crippen MR) is 96.9 cm³/mol. The maximum atomic E-state index is 13.3. The number of hydrogen-bond acceptors (Lipinski definition) is 2. The molecule has 2 nitrogen and oxygen atoms in total. The van der Waals surface area contributed by atoms with E-state index >= 15 is 0 Å². The van der Waals surface area contributed by atoms with Crippen LogP contribution in [0, 0.1) is 0 Å². The molecule has 1 N–H and O–H groups in total. The first-order chi connectivity index (χ1) is 11.9. The number of piperazine rings is 1. The first-order valence-electron chi connectivity index (χ1n) is 7.94. The third kappa shape index (κ3) is 4.19. The van der Waals surface area contributed by atoms with E-state index < -0.39 is 11.7 Å². The van der Waals surface area contributed by atoms with Gasteiger partial charge in [-0.25, -0.2) is 0 Å². The first kappa shape index (κ1) is 18.7. The molecule has 7 heteroatoms. The molecule has 1 unspecified atom stereocenters. The molecular formula is C18H17BrClF3N2. The number of nitrogens with one attached hydrogen (secondary N) is 1. The summed E-state index contributed by atoms with van der Waals surface area (Å²) in [4.78, 5) is 2.19. The Hall–Kier alpha value is -1.08. The average molecular weight is 434 g/mol. The van der Waals surface area contributed by atoms with E-state index in [9.17, 15) is 13.2 Å². The summed E-state index contributed by atoms with van der Waals surface area (Å²) in [5, 5.41) is 3.00. The van der Waals surface area contributed by atoms with Gasteiger partial charge in [-0.05, 0) is 29.3 Å². The number of rotatable bonds is 3. The molecule has 1 aliphatic rings. The standard InChI is InChI=1S/C18H17BrClF3N2/c19-15-4-2-1-3-13(15)17(25-9-7-24-8-10-25)12-5-6-16(20)14(11-12)18(21,22)23/h1-6,11,17,24H,7-10H2. The van der Waals surface area contributed by atoms with Gasteiger partial charge in [0, 0.05) is 30.7 Å². The zero-order valence-electron chi connectivity index (χ0n) is 13.3. The topological polar surface area (TPSA) is 15.3 Å². The lowest BCUT2D eigenvalue weighted by Gasteiger charge is -2.36. The number of benzene rings is 2. The fourth-order valence-electron chi connectivity index (χ4n) is 3.15. The molecule has 2 aromatic rings. The summed E-state index contributed by atoms with van der Waals surface area (Å²) >= 11 is 9.34. The lowest BCUT2D eigenvalue weighted by Crippen LogP contribution is -2.45. The second-order valence-electron chi connectivity index (χ2n) is 5.95. The Morgan fingerprint density at radius 2 is 1.76 bits per heavy atom. The third-order valence-electron chi connectivity index (χ3n) is 4.33. The van der Waals surface area contributed by atoms with Gasteiger partial charge in [0.25, 0.3) is 0 Å². The van der Waals surface area contributed by atoms with E-state index in [2.05, 4.69) is 26.1 Å². The van der Waals surface area contributed by atoms with Gasteiger partial charge in [-0.15, -0.1) is 0 Å². The normalized spacial score (nSPS) is 17.5. The summed E-state index contributed by atoms with van der Waals surface area (Å²) < 4.78 is 40.8. The maximum absolute atomic E-state index is 13.3. The van der Waals surface area contributed by atoms with Gasteiger partial charge >= 0.3 is 6.18 Å². The van der Waals surface area contributed by atoms with Crippen molar-refractivity contribution in [3.05, 3.63) is 68.7 Å². The Bertz CT molecular complexity index is 745. The lowest BCUT2D eigenvalue weighted by atomic mass is 9.95. The zero-order valence-corrected chi connectivity index (χ0v) is 15.6. The van der Waals surface area contributed by atoms with Gasteiger partial charge < -0.3 is 5.32 Å². The van der Waals surface area contributed by atoms with Crippen LogP contribution < -0.4 is 5.32 Å². The van der Waals surface area contributed by atoms with Crippen molar-refractivity contribution in [3.8, 4) is 0 Å².